The Hall–Kier alpha value is -1.85. The molecule has 0 bridgehead atoms. The summed E-state index contributed by atoms with van der Waals surface area (Å²) in [6.07, 6.45) is 1.56. The van der Waals surface area contributed by atoms with Crippen LogP contribution in [0, 0.1) is 0 Å². The smallest absolute Gasteiger partial charge is 0.243 e. The van der Waals surface area contributed by atoms with E-state index in [0.717, 1.165) is 24.1 Å². The van der Waals surface area contributed by atoms with Crippen molar-refractivity contribution in [2.75, 3.05) is 11.5 Å². The summed E-state index contributed by atoms with van der Waals surface area (Å²) in [6, 6.07) is 0. The number of nitrogens with zero attached hydrogens (tertiary/aromatic N) is 4. The molecule has 15 heavy (non-hydrogen) atoms. The molecule has 0 aliphatic heterocycles. The molecule has 0 aromatic carbocycles. The zero-order valence-electron chi connectivity index (χ0n) is 8.86. The molecular weight excluding hydrogens is 192 g/mol. The summed E-state index contributed by atoms with van der Waals surface area (Å²) >= 11 is 0. The Morgan fingerprint density at radius 1 is 1.13 bits per heavy atom. The Morgan fingerprint density at radius 3 is 2.47 bits per heavy atom. The first-order valence-electron chi connectivity index (χ1n) is 4.97. The van der Waals surface area contributed by atoms with Crippen LogP contribution in [-0.2, 0) is 12.8 Å². The van der Waals surface area contributed by atoms with E-state index in [1.165, 1.54) is 0 Å². The molecular formula is C9H14N6. The van der Waals surface area contributed by atoms with Crippen molar-refractivity contribution in [2.24, 2.45) is 0 Å². The highest BCUT2D eigenvalue weighted by molar-refractivity contribution is 5.64. The highest BCUT2D eigenvalue weighted by atomic mass is 15.4. The minimum absolute atomic E-state index is 0.300. The van der Waals surface area contributed by atoms with Crippen molar-refractivity contribution >= 4 is 17.3 Å². The van der Waals surface area contributed by atoms with Crippen LogP contribution in [0.25, 0.3) is 5.65 Å². The lowest BCUT2D eigenvalue weighted by Gasteiger charge is -2.08. The third-order valence-corrected chi connectivity index (χ3v) is 2.48. The van der Waals surface area contributed by atoms with Crippen molar-refractivity contribution < 1.29 is 0 Å². The van der Waals surface area contributed by atoms with Crippen LogP contribution in [0.1, 0.15) is 25.1 Å². The van der Waals surface area contributed by atoms with Gasteiger partial charge in [0.25, 0.3) is 0 Å². The number of hydrogen-bond acceptors (Lipinski definition) is 5. The van der Waals surface area contributed by atoms with Gasteiger partial charge >= 0.3 is 0 Å². The molecule has 0 unspecified atom stereocenters. The first kappa shape index (κ1) is 9.70. The van der Waals surface area contributed by atoms with Crippen molar-refractivity contribution in [3.05, 3.63) is 11.3 Å². The molecule has 0 amide bonds. The van der Waals surface area contributed by atoms with E-state index in [1.807, 2.05) is 13.8 Å². The number of rotatable bonds is 2. The molecule has 0 radical (unpaired) electrons. The molecule has 0 aliphatic carbocycles. The zero-order chi connectivity index (χ0) is 11.0. The first-order chi connectivity index (χ1) is 7.19. The average Bonchev–Trinajstić information content (AvgIpc) is 2.59. The Kier molecular flexibility index (Phi) is 2.18. The van der Waals surface area contributed by atoms with Gasteiger partial charge in [-0.05, 0) is 12.8 Å². The van der Waals surface area contributed by atoms with Crippen molar-refractivity contribution in [1.29, 1.82) is 0 Å². The highest BCUT2D eigenvalue weighted by Crippen LogP contribution is 2.21. The maximum Gasteiger partial charge on any atom is 0.243 e. The summed E-state index contributed by atoms with van der Waals surface area (Å²) in [7, 11) is 0. The predicted octanol–water partition coefficient (Wildman–Crippen LogP) is 0.413. The number of aryl methyl sites for hydroxylation is 2. The van der Waals surface area contributed by atoms with E-state index in [0.29, 0.717) is 17.3 Å². The van der Waals surface area contributed by atoms with Crippen molar-refractivity contribution in [3.8, 4) is 0 Å². The molecule has 2 aromatic rings. The molecule has 0 saturated carbocycles. The standard InChI is InChI=1S/C9H14N6/c1-3-5-7(10)6(4-2)14-15-8(5)12-13-9(15)11/h3-4,10H2,1-2H3,(H2,11,13). The minimum Gasteiger partial charge on any atom is -0.397 e. The van der Waals surface area contributed by atoms with Gasteiger partial charge in [-0.1, -0.05) is 13.8 Å². The molecule has 0 aliphatic rings. The van der Waals surface area contributed by atoms with Crippen LogP contribution in [0.3, 0.4) is 0 Å². The monoisotopic (exact) mass is 206 g/mol. The van der Waals surface area contributed by atoms with Crippen molar-refractivity contribution in [3.63, 3.8) is 0 Å². The Morgan fingerprint density at radius 2 is 1.87 bits per heavy atom. The SMILES string of the molecule is CCc1nn2c(N)nnc2c(CC)c1N. The maximum absolute atomic E-state index is 6.00. The minimum atomic E-state index is 0.300. The lowest BCUT2D eigenvalue weighted by molar-refractivity contribution is 0.857. The fourth-order valence-electron chi connectivity index (χ4n) is 1.66. The van der Waals surface area contributed by atoms with E-state index in [-0.39, 0.29) is 0 Å². The third-order valence-electron chi connectivity index (χ3n) is 2.48. The Bertz CT molecular complexity index is 501. The van der Waals surface area contributed by atoms with Gasteiger partial charge in [0.1, 0.15) is 0 Å². The zero-order valence-corrected chi connectivity index (χ0v) is 8.86. The van der Waals surface area contributed by atoms with Crippen LogP contribution < -0.4 is 11.5 Å². The quantitative estimate of drug-likeness (QED) is 0.742. The summed E-state index contributed by atoms with van der Waals surface area (Å²) in [4.78, 5) is 0. The molecule has 6 heteroatoms. The summed E-state index contributed by atoms with van der Waals surface area (Å²) in [6.45, 7) is 4.03. The van der Waals surface area contributed by atoms with E-state index >= 15 is 0 Å². The van der Waals surface area contributed by atoms with Gasteiger partial charge in [0.15, 0.2) is 5.65 Å². The number of nitrogen functional groups attached to an aromatic ring is 2. The molecule has 0 fully saturated rings. The fraction of sp³-hybridized carbons (Fsp3) is 0.444. The van der Waals surface area contributed by atoms with Gasteiger partial charge in [0, 0.05) is 5.56 Å². The number of anilines is 2. The van der Waals surface area contributed by atoms with Gasteiger partial charge in [0.2, 0.25) is 5.95 Å². The van der Waals surface area contributed by atoms with Gasteiger partial charge in [-0.3, -0.25) is 0 Å². The highest BCUT2D eigenvalue weighted by Gasteiger charge is 2.14. The fourth-order valence-corrected chi connectivity index (χ4v) is 1.66. The molecule has 6 nitrogen and oxygen atoms in total. The third kappa shape index (κ3) is 1.29. The Balaban J connectivity index is 2.85. The number of aromatic nitrogens is 4. The van der Waals surface area contributed by atoms with E-state index in [1.54, 1.807) is 4.52 Å². The molecule has 2 rings (SSSR count). The van der Waals surface area contributed by atoms with Crippen molar-refractivity contribution in [1.82, 2.24) is 19.8 Å². The molecule has 0 saturated heterocycles. The second-order valence-electron chi connectivity index (χ2n) is 3.34. The molecule has 2 heterocycles. The van der Waals surface area contributed by atoms with Gasteiger partial charge in [-0.2, -0.15) is 9.61 Å². The molecule has 2 aromatic heterocycles. The summed E-state index contributed by atoms with van der Waals surface area (Å²) < 4.78 is 1.55. The van der Waals surface area contributed by atoms with Crippen molar-refractivity contribution in [2.45, 2.75) is 26.7 Å². The van der Waals surface area contributed by atoms with Crippen LogP contribution in [0.2, 0.25) is 0 Å². The molecule has 80 valence electrons. The molecule has 4 N–H and O–H groups in total. The second-order valence-corrected chi connectivity index (χ2v) is 3.34. The van der Waals surface area contributed by atoms with Crippen LogP contribution >= 0.6 is 0 Å². The van der Waals surface area contributed by atoms with E-state index in [2.05, 4.69) is 15.3 Å². The van der Waals surface area contributed by atoms with Gasteiger partial charge in [-0.15, -0.1) is 10.2 Å². The Labute approximate surface area is 87.3 Å². The molecule has 0 atom stereocenters. The second kappa shape index (κ2) is 3.38. The average molecular weight is 206 g/mol. The van der Waals surface area contributed by atoms with Gasteiger partial charge in [0.05, 0.1) is 11.4 Å². The summed E-state index contributed by atoms with van der Waals surface area (Å²) in [5.41, 5.74) is 14.8. The van der Waals surface area contributed by atoms with Crippen LogP contribution in [0.15, 0.2) is 0 Å². The first-order valence-corrected chi connectivity index (χ1v) is 4.97. The van der Waals surface area contributed by atoms with Crippen LogP contribution in [0.4, 0.5) is 11.6 Å². The van der Waals surface area contributed by atoms with E-state index < -0.39 is 0 Å². The molecule has 0 spiro atoms. The predicted molar refractivity (Wildman–Crippen MR) is 58.4 cm³/mol. The van der Waals surface area contributed by atoms with Gasteiger partial charge in [-0.25, -0.2) is 0 Å². The van der Waals surface area contributed by atoms with Crippen LogP contribution in [-0.4, -0.2) is 19.8 Å². The lowest BCUT2D eigenvalue weighted by atomic mass is 10.1. The summed E-state index contributed by atoms with van der Waals surface area (Å²) in [5, 5.41) is 12.1. The maximum atomic E-state index is 6.00. The largest absolute Gasteiger partial charge is 0.397 e. The topological polar surface area (TPSA) is 95.1 Å². The number of hydrogen-bond donors (Lipinski definition) is 2. The lowest BCUT2D eigenvalue weighted by Crippen LogP contribution is -2.09. The van der Waals surface area contributed by atoms with Crippen LogP contribution in [0.5, 0.6) is 0 Å². The normalized spacial score (nSPS) is 11.1. The van der Waals surface area contributed by atoms with E-state index in [4.69, 9.17) is 11.5 Å². The summed E-state index contributed by atoms with van der Waals surface area (Å²) in [5.74, 6) is 0.300. The number of fused-ring (bicyclic) bond motifs is 1. The van der Waals surface area contributed by atoms with Gasteiger partial charge < -0.3 is 11.5 Å². The number of nitrogens with two attached hydrogens (primary N) is 2. The van der Waals surface area contributed by atoms with E-state index in [9.17, 15) is 0 Å².